The Morgan fingerprint density at radius 3 is 2.63 bits per heavy atom. The van der Waals surface area contributed by atoms with Gasteiger partial charge in [-0.1, -0.05) is 0 Å². The van der Waals surface area contributed by atoms with E-state index in [0.29, 0.717) is 6.04 Å². The predicted octanol–water partition coefficient (Wildman–Crippen LogP) is 2.28. The summed E-state index contributed by atoms with van der Waals surface area (Å²) in [6, 6.07) is 2.26. The smallest absolute Gasteiger partial charge is 0.133 e. The molecule has 0 aliphatic carbocycles. The van der Waals surface area contributed by atoms with Crippen LogP contribution in [0.25, 0.3) is 0 Å². The Kier molecular flexibility index (Phi) is 5.54. The quantitative estimate of drug-likeness (QED) is 0.793. The second-order valence-corrected chi connectivity index (χ2v) is 5.91. The molecule has 0 fully saturated rings. The molecule has 0 amide bonds. The molecule has 2 N–H and O–H groups in total. The van der Waals surface area contributed by atoms with Gasteiger partial charge in [0.25, 0.3) is 0 Å². The van der Waals surface area contributed by atoms with Crippen LogP contribution in [0.5, 0.6) is 0 Å². The van der Waals surface area contributed by atoms with Gasteiger partial charge in [-0.15, -0.1) is 0 Å². The van der Waals surface area contributed by atoms with Crippen LogP contribution in [0.1, 0.15) is 40.0 Å². The minimum absolute atomic E-state index is 0.326. The van der Waals surface area contributed by atoms with Crippen LogP contribution in [0.2, 0.25) is 0 Å². The third-order valence-corrected chi connectivity index (χ3v) is 2.93. The Morgan fingerprint density at radius 2 is 2.05 bits per heavy atom. The fourth-order valence-electron chi connectivity index (χ4n) is 1.84. The van der Waals surface area contributed by atoms with E-state index in [9.17, 15) is 5.11 Å². The monoisotopic (exact) mass is 266 g/mol. The summed E-state index contributed by atoms with van der Waals surface area (Å²) in [5.74, 6) is 1.73. The van der Waals surface area contributed by atoms with Crippen molar-refractivity contribution < 1.29 is 5.11 Å². The molecule has 0 aliphatic rings. The zero-order valence-electron chi connectivity index (χ0n) is 12.6. The van der Waals surface area contributed by atoms with E-state index in [1.54, 1.807) is 6.33 Å². The van der Waals surface area contributed by atoms with Crippen molar-refractivity contribution >= 4 is 11.6 Å². The van der Waals surface area contributed by atoms with Gasteiger partial charge >= 0.3 is 0 Å². The average molecular weight is 266 g/mol. The van der Waals surface area contributed by atoms with Crippen LogP contribution in [0, 0.1) is 0 Å². The minimum atomic E-state index is -0.577. The molecule has 5 heteroatoms. The molecule has 0 saturated heterocycles. The van der Waals surface area contributed by atoms with E-state index >= 15 is 0 Å². The highest BCUT2D eigenvalue weighted by Crippen LogP contribution is 2.16. The molecule has 5 nitrogen and oxygen atoms in total. The molecule has 0 aliphatic heterocycles. The number of hydrogen-bond acceptors (Lipinski definition) is 5. The number of aliphatic hydroxyl groups is 1. The van der Waals surface area contributed by atoms with Crippen molar-refractivity contribution in [2.75, 3.05) is 24.3 Å². The summed E-state index contributed by atoms with van der Waals surface area (Å²) in [5, 5.41) is 13.0. The summed E-state index contributed by atoms with van der Waals surface area (Å²) < 4.78 is 0. The fraction of sp³-hybridized carbons (Fsp3) is 0.714. The molecular formula is C14H26N4O. The van der Waals surface area contributed by atoms with E-state index in [4.69, 9.17) is 0 Å². The van der Waals surface area contributed by atoms with Crippen molar-refractivity contribution in [1.29, 1.82) is 0 Å². The van der Waals surface area contributed by atoms with Crippen LogP contribution in [0.4, 0.5) is 11.6 Å². The number of nitrogens with zero attached hydrogens (tertiary/aromatic N) is 3. The maximum absolute atomic E-state index is 9.67. The Morgan fingerprint density at radius 1 is 1.37 bits per heavy atom. The van der Waals surface area contributed by atoms with Crippen molar-refractivity contribution in [3.63, 3.8) is 0 Å². The second-order valence-electron chi connectivity index (χ2n) is 5.91. The molecule has 19 heavy (non-hydrogen) atoms. The first-order valence-electron chi connectivity index (χ1n) is 6.76. The molecule has 1 unspecified atom stereocenters. The number of nitrogens with one attached hydrogen (secondary N) is 1. The molecule has 0 spiro atoms. The zero-order valence-corrected chi connectivity index (χ0v) is 12.6. The van der Waals surface area contributed by atoms with Gasteiger partial charge < -0.3 is 15.3 Å². The molecule has 0 radical (unpaired) electrons. The number of rotatable bonds is 7. The van der Waals surface area contributed by atoms with Crippen molar-refractivity contribution in [3.8, 4) is 0 Å². The van der Waals surface area contributed by atoms with Gasteiger partial charge in [0.2, 0.25) is 0 Å². The summed E-state index contributed by atoms with van der Waals surface area (Å²) in [5.41, 5.74) is -0.577. The van der Waals surface area contributed by atoms with Crippen LogP contribution in [-0.2, 0) is 0 Å². The first-order chi connectivity index (χ1) is 8.78. The van der Waals surface area contributed by atoms with Crippen molar-refractivity contribution in [3.05, 3.63) is 12.4 Å². The first kappa shape index (κ1) is 15.7. The normalized spacial score (nSPS) is 13.2. The van der Waals surface area contributed by atoms with Crippen LogP contribution in [-0.4, -0.2) is 40.8 Å². The van der Waals surface area contributed by atoms with Crippen LogP contribution in [0.15, 0.2) is 12.4 Å². The van der Waals surface area contributed by atoms with Crippen LogP contribution in [0.3, 0.4) is 0 Å². The third kappa shape index (κ3) is 6.38. The van der Waals surface area contributed by atoms with Crippen molar-refractivity contribution in [2.24, 2.45) is 0 Å². The maximum Gasteiger partial charge on any atom is 0.133 e. The number of anilines is 2. The highest BCUT2D eigenvalue weighted by molar-refractivity contribution is 5.47. The van der Waals surface area contributed by atoms with E-state index in [2.05, 4.69) is 22.2 Å². The molecule has 1 heterocycles. The summed E-state index contributed by atoms with van der Waals surface area (Å²) >= 11 is 0. The number of aromatic nitrogens is 2. The molecule has 1 aromatic rings. The van der Waals surface area contributed by atoms with E-state index in [1.807, 2.05) is 38.9 Å². The molecule has 1 aromatic heterocycles. The molecule has 0 aromatic carbocycles. The summed E-state index contributed by atoms with van der Waals surface area (Å²) in [4.78, 5) is 10.4. The second kappa shape index (κ2) is 6.70. The Hall–Kier alpha value is -1.36. The molecule has 0 bridgehead atoms. The lowest BCUT2D eigenvalue weighted by Gasteiger charge is -2.20. The van der Waals surface area contributed by atoms with Gasteiger partial charge in [-0.05, 0) is 40.0 Å². The van der Waals surface area contributed by atoms with E-state index in [1.165, 1.54) is 0 Å². The van der Waals surface area contributed by atoms with E-state index in [0.717, 1.165) is 30.9 Å². The summed E-state index contributed by atoms with van der Waals surface area (Å²) in [6.45, 7) is 5.82. The minimum Gasteiger partial charge on any atom is -0.390 e. The van der Waals surface area contributed by atoms with Crippen molar-refractivity contribution in [1.82, 2.24) is 9.97 Å². The lowest BCUT2D eigenvalue weighted by atomic mass is 10.00. The van der Waals surface area contributed by atoms with E-state index in [-0.39, 0.29) is 0 Å². The highest BCUT2D eigenvalue weighted by Gasteiger charge is 2.13. The standard InChI is InChI=1S/C14H26N4O/c1-11(7-6-8-14(2,3)19)17-12-9-13(18(4)5)16-10-15-12/h9-11,19H,6-8H2,1-5H3,(H,15,16,17). The van der Waals surface area contributed by atoms with Gasteiger partial charge in [0.05, 0.1) is 5.60 Å². The molecule has 1 rings (SSSR count). The average Bonchev–Trinajstić information content (AvgIpc) is 2.27. The predicted molar refractivity (Wildman–Crippen MR) is 79.6 cm³/mol. The lowest BCUT2D eigenvalue weighted by molar-refractivity contribution is 0.0680. The first-order valence-corrected chi connectivity index (χ1v) is 6.76. The topological polar surface area (TPSA) is 61.3 Å². The Labute approximate surface area is 116 Å². The van der Waals surface area contributed by atoms with E-state index < -0.39 is 5.60 Å². The molecule has 108 valence electrons. The van der Waals surface area contributed by atoms with Gasteiger partial charge in [0, 0.05) is 26.2 Å². The molecule has 1 atom stereocenters. The Balaban J connectivity index is 2.44. The van der Waals surface area contributed by atoms with Gasteiger partial charge in [-0.2, -0.15) is 0 Å². The molecule has 0 saturated carbocycles. The van der Waals surface area contributed by atoms with Gasteiger partial charge in [-0.25, -0.2) is 9.97 Å². The third-order valence-electron chi connectivity index (χ3n) is 2.93. The summed E-state index contributed by atoms with van der Waals surface area (Å²) in [6.07, 6.45) is 4.38. The zero-order chi connectivity index (χ0) is 14.5. The van der Waals surface area contributed by atoms with Crippen LogP contribution >= 0.6 is 0 Å². The highest BCUT2D eigenvalue weighted by atomic mass is 16.3. The fourth-order valence-corrected chi connectivity index (χ4v) is 1.84. The maximum atomic E-state index is 9.67. The van der Waals surface area contributed by atoms with Crippen LogP contribution < -0.4 is 10.2 Å². The Bertz CT molecular complexity index is 387. The van der Waals surface area contributed by atoms with Gasteiger partial charge in [0.1, 0.15) is 18.0 Å². The SMILES string of the molecule is CC(CCCC(C)(C)O)Nc1cc(N(C)C)ncn1. The van der Waals surface area contributed by atoms with Gasteiger partial charge in [0.15, 0.2) is 0 Å². The largest absolute Gasteiger partial charge is 0.390 e. The number of hydrogen-bond donors (Lipinski definition) is 2. The summed E-state index contributed by atoms with van der Waals surface area (Å²) in [7, 11) is 3.91. The van der Waals surface area contributed by atoms with Crippen molar-refractivity contribution in [2.45, 2.75) is 51.7 Å². The lowest BCUT2D eigenvalue weighted by Crippen LogP contribution is -2.21. The molecular weight excluding hydrogens is 240 g/mol. The van der Waals surface area contributed by atoms with Gasteiger partial charge in [-0.3, -0.25) is 0 Å².